The van der Waals surface area contributed by atoms with E-state index in [4.69, 9.17) is 4.74 Å². The fraction of sp³-hybridized carbons (Fsp3) is 0.667. The highest BCUT2D eigenvalue weighted by atomic mass is 79.9. The predicted octanol–water partition coefficient (Wildman–Crippen LogP) is 4.67. The summed E-state index contributed by atoms with van der Waals surface area (Å²) in [6, 6.07) is 9.12. The molecule has 2 aliphatic rings. The Labute approximate surface area is 136 Å². The summed E-state index contributed by atoms with van der Waals surface area (Å²) in [5, 5.41) is 3.54. The molecule has 2 unspecified atom stereocenters. The molecule has 1 spiro atoms. The number of halogens is 1. The Morgan fingerprint density at radius 1 is 1.24 bits per heavy atom. The number of ether oxygens (including phenoxy) is 1. The van der Waals surface area contributed by atoms with Gasteiger partial charge in [-0.1, -0.05) is 53.7 Å². The number of rotatable bonds is 4. The molecule has 1 N–H and O–H groups in total. The van der Waals surface area contributed by atoms with E-state index >= 15 is 0 Å². The van der Waals surface area contributed by atoms with E-state index < -0.39 is 0 Å². The van der Waals surface area contributed by atoms with Gasteiger partial charge in [-0.25, -0.2) is 0 Å². The molecule has 0 aromatic heterocycles. The second kappa shape index (κ2) is 6.80. The maximum Gasteiger partial charge on any atom is 0.0721 e. The van der Waals surface area contributed by atoms with E-state index in [9.17, 15) is 0 Å². The molecule has 1 aromatic carbocycles. The summed E-state index contributed by atoms with van der Waals surface area (Å²) in [6.07, 6.45) is 9.82. The van der Waals surface area contributed by atoms with E-state index in [1.807, 2.05) is 0 Å². The third-order valence-electron chi connectivity index (χ3n) is 5.51. The molecule has 1 aromatic rings. The molecular weight excluding hydrogens is 326 g/mol. The van der Waals surface area contributed by atoms with Crippen molar-refractivity contribution in [3.63, 3.8) is 0 Å². The van der Waals surface area contributed by atoms with Gasteiger partial charge < -0.3 is 10.1 Å². The van der Waals surface area contributed by atoms with Crippen molar-refractivity contribution in [1.29, 1.82) is 0 Å². The number of hydrogen-bond donors (Lipinski definition) is 1. The zero-order valence-corrected chi connectivity index (χ0v) is 14.5. The molecule has 0 aliphatic heterocycles. The maximum absolute atomic E-state index is 6.34. The lowest BCUT2D eigenvalue weighted by molar-refractivity contribution is -0.148. The predicted molar refractivity (Wildman–Crippen MR) is 90.3 cm³/mol. The van der Waals surface area contributed by atoms with Crippen molar-refractivity contribution in [2.45, 2.75) is 63.7 Å². The zero-order valence-electron chi connectivity index (χ0n) is 12.9. The third kappa shape index (κ3) is 3.20. The van der Waals surface area contributed by atoms with Gasteiger partial charge >= 0.3 is 0 Å². The number of benzene rings is 1. The molecular formula is C18H26BrNO. The lowest BCUT2D eigenvalue weighted by Gasteiger charge is -2.56. The standard InChI is InChI=1S/C18H26BrNO/c1-20-16-12-17(18(16)9-4-2-3-5-10-18)21-13-14-7-6-8-15(19)11-14/h6-8,11,16-17,20H,2-5,9-10,12-13H2,1H3. The van der Waals surface area contributed by atoms with Gasteiger partial charge in [0.15, 0.2) is 0 Å². The van der Waals surface area contributed by atoms with Gasteiger partial charge in [0.25, 0.3) is 0 Å². The molecule has 3 rings (SSSR count). The third-order valence-corrected chi connectivity index (χ3v) is 6.00. The molecule has 21 heavy (non-hydrogen) atoms. The molecule has 2 nitrogen and oxygen atoms in total. The highest BCUT2D eigenvalue weighted by Crippen LogP contribution is 2.52. The van der Waals surface area contributed by atoms with Crippen LogP contribution in [0.25, 0.3) is 0 Å². The van der Waals surface area contributed by atoms with Gasteiger partial charge in [0, 0.05) is 15.9 Å². The second-order valence-corrected chi connectivity index (χ2v) is 7.57. The first-order chi connectivity index (χ1) is 10.2. The first kappa shape index (κ1) is 15.5. The number of nitrogens with one attached hydrogen (secondary N) is 1. The van der Waals surface area contributed by atoms with E-state index in [0.29, 0.717) is 17.6 Å². The Bertz CT molecular complexity index is 468. The monoisotopic (exact) mass is 351 g/mol. The summed E-state index contributed by atoms with van der Waals surface area (Å²) in [7, 11) is 2.11. The van der Waals surface area contributed by atoms with Crippen LogP contribution in [0.4, 0.5) is 0 Å². The lowest BCUT2D eigenvalue weighted by Crippen LogP contribution is -2.62. The average Bonchev–Trinajstić information content (AvgIpc) is 2.74. The average molecular weight is 352 g/mol. The van der Waals surface area contributed by atoms with Gasteiger partial charge in [-0.3, -0.25) is 0 Å². The van der Waals surface area contributed by atoms with Gasteiger partial charge in [0.2, 0.25) is 0 Å². The maximum atomic E-state index is 6.34. The summed E-state index contributed by atoms with van der Waals surface area (Å²) in [5.74, 6) is 0. The minimum absolute atomic E-state index is 0.400. The molecule has 2 fully saturated rings. The lowest BCUT2D eigenvalue weighted by atomic mass is 9.58. The van der Waals surface area contributed by atoms with Crippen LogP contribution >= 0.6 is 15.9 Å². The van der Waals surface area contributed by atoms with Crippen molar-refractivity contribution in [2.24, 2.45) is 5.41 Å². The van der Waals surface area contributed by atoms with E-state index in [2.05, 4.69) is 52.6 Å². The van der Waals surface area contributed by atoms with Gasteiger partial charge in [0.1, 0.15) is 0 Å². The summed E-state index contributed by atoms with van der Waals surface area (Å²) in [4.78, 5) is 0. The molecule has 3 heteroatoms. The smallest absolute Gasteiger partial charge is 0.0721 e. The van der Waals surface area contributed by atoms with Crippen molar-refractivity contribution in [2.75, 3.05) is 7.05 Å². The first-order valence-electron chi connectivity index (χ1n) is 8.28. The van der Waals surface area contributed by atoms with E-state index in [0.717, 1.165) is 11.1 Å². The van der Waals surface area contributed by atoms with Crippen LogP contribution in [-0.4, -0.2) is 19.2 Å². The molecule has 2 atom stereocenters. The summed E-state index contributed by atoms with van der Waals surface area (Å²) >= 11 is 3.54. The summed E-state index contributed by atoms with van der Waals surface area (Å²) in [6.45, 7) is 0.738. The Balaban J connectivity index is 1.64. The Morgan fingerprint density at radius 3 is 2.67 bits per heavy atom. The molecule has 2 aliphatic carbocycles. The van der Waals surface area contributed by atoms with Gasteiger partial charge in [-0.15, -0.1) is 0 Å². The van der Waals surface area contributed by atoms with Crippen LogP contribution < -0.4 is 5.32 Å². The molecule has 0 bridgehead atoms. The molecule has 116 valence electrons. The van der Waals surface area contributed by atoms with E-state index in [1.54, 1.807) is 0 Å². The quantitative estimate of drug-likeness (QED) is 0.851. The largest absolute Gasteiger partial charge is 0.373 e. The fourth-order valence-electron chi connectivity index (χ4n) is 4.27. The van der Waals surface area contributed by atoms with Gasteiger partial charge in [0.05, 0.1) is 12.7 Å². The summed E-state index contributed by atoms with van der Waals surface area (Å²) < 4.78 is 7.47. The first-order valence-corrected chi connectivity index (χ1v) is 9.07. The molecule has 0 amide bonds. The van der Waals surface area contributed by atoms with Crippen molar-refractivity contribution in [3.05, 3.63) is 34.3 Å². The van der Waals surface area contributed by atoms with Crippen molar-refractivity contribution in [3.8, 4) is 0 Å². The summed E-state index contributed by atoms with van der Waals surface area (Å²) in [5.41, 5.74) is 1.66. The topological polar surface area (TPSA) is 21.3 Å². The molecule has 0 heterocycles. The number of hydrogen-bond acceptors (Lipinski definition) is 2. The molecule has 0 saturated heterocycles. The van der Waals surface area contributed by atoms with Crippen LogP contribution in [0.5, 0.6) is 0 Å². The van der Waals surface area contributed by atoms with Crippen molar-refractivity contribution < 1.29 is 4.74 Å². The Kier molecular flexibility index (Phi) is 5.03. The molecule has 0 radical (unpaired) electrons. The van der Waals surface area contributed by atoms with Crippen molar-refractivity contribution >= 4 is 15.9 Å². The van der Waals surface area contributed by atoms with Crippen LogP contribution in [0, 0.1) is 5.41 Å². The van der Waals surface area contributed by atoms with Crippen molar-refractivity contribution in [1.82, 2.24) is 5.32 Å². The zero-order chi connectivity index (χ0) is 14.7. The van der Waals surface area contributed by atoms with Crippen LogP contribution in [0.2, 0.25) is 0 Å². The van der Waals surface area contributed by atoms with Crippen LogP contribution in [0.3, 0.4) is 0 Å². The highest BCUT2D eigenvalue weighted by molar-refractivity contribution is 9.10. The van der Waals surface area contributed by atoms with Gasteiger partial charge in [-0.05, 0) is 44.0 Å². The van der Waals surface area contributed by atoms with E-state index in [1.165, 1.54) is 50.5 Å². The fourth-order valence-corrected chi connectivity index (χ4v) is 4.71. The van der Waals surface area contributed by atoms with E-state index in [-0.39, 0.29) is 0 Å². The van der Waals surface area contributed by atoms with Crippen LogP contribution in [-0.2, 0) is 11.3 Å². The Morgan fingerprint density at radius 2 is 2.00 bits per heavy atom. The van der Waals surface area contributed by atoms with Crippen LogP contribution in [0.1, 0.15) is 50.5 Å². The Hall–Kier alpha value is -0.380. The second-order valence-electron chi connectivity index (χ2n) is 6.65. The minimum atomic E-state index is 0.400. The highest BCUT2D eigenvalue weighted by Gasteiger charge is 2.54. The minimum Gasteiger partial charge on any atom is -0.373 e. The normalized spacial score (nSPS) is 28.1. The SMILES string of the molecule is CNC1CC(OCc2cccc(Br)c2)C12CCCCCC2. The van der Waals surface area contributed by atoms with Gasteiger partial charge in [-0.2, -0.15) is 0 Å². The molecule has 2 saturated carbocycles. The van der Waals surface area contributed by atoms with Crippen LogP contribution in [0.15, 0.2) is 28.7 Å².